The average molecular weight is 306 g/mol. The molecule has 5 nitrogen and oxygen atoms in total. The number of halogens is 1. The first-order chi connectivity index (χ1) is 10.5. The summed E-state index contributed by atoms with van der Waals surface area (Å²) in [5, 5.41) is 0. The molecule has 1 rings (SSSR count). The second kappa shape index (κ2) is 8.92. The van der Waals surface area contributed by atoms with Gasteiger partial charge in [-0.05, 0) is 19.4 Å². The molecule has 0 atom stereocenters. The quantitative estimate of drug-likeness (QED) is 0.326. The Morgan fingerprint density at radius 3 is 2.73 bits per heavy atom. The Kier molecular flexibility index (Phi) is 7.22. The highest BCUT2D eigenvalue weighted by atomic mass is 19.1. The van der Waals surface area contributed by atoms with Crippen LogP contribution >= 0.6 is 0 Å². The summed E-state index contributed by atoms with van der Waals surface area (Å²) in [6.07, 6.45) is 6.53. The van der Waals surface area contributed by atoms with Gasteiger partial charge in [0.25, 0.3) is 0 Å². The third-order valence-corrected chi connectivity index (χ3v) is 2.86. The summed E-state index contributed by atoms with van der Waals surface area (Å²) < 4.78 is 17.8. The molecule has 0 fully saturated rings. The summed E-state index contributed by atoms with van der Waals surface area (Å²) in [5.41, 5.74) is 1.55. The van der Waals surface area contributed by atoms with Crippen molar-refractivity contribution in [1.29, 1.82) is 0 Å². The van der Waals surface area contributed by atoms with Crippen LogP contribution in [0, 0.1) is 0 Å². The number of ether oxygens (including phenoxy) is 1. The van der Waals surface area contributed by atoms with Crippen LogP contribution in [0.2, 0.25) is 0 Å². The van der Waals surface area contributed by atoms with Gasteiger partial charge in [0.05, 0.1) is 0 Å². The molecule has 0 unspecified atom stereocenters. The van der Waals surface area contributed by atoms with Crippen molar-refractivity contribution in [2.75, 3.05) is 20.9 Å². The largest absolute Gasteiger partial charge is 0.422 e. The number of rotatable bonds is 6. The smallest absolute Gasteiger partial charge is 0.244 e. The molecule has 0 aromatic heterocycles. The van der Waals surface area contributed by atoms with Crippen molar-refractivity contribution in [3.05, 3.63) is 36.2 Å². The lowest BCUT2D eigenvalue weighted by molar-refractivity contribution is 0.488. The van der Waals surface area contributed by atoms with Gasteiger partial charge in [-0.15, -0.1) is 6.58 Å². The molecule has 0 saturated heterocycles. The predicted octanol–water partition coefficient (Wildman–Crippen LogP) is 3.47. The standard InChI is InChI=1S/C16H23FN4O/c1-6-8-14(21(4)5)18-10-12(3)9-15-20-13(7-2)16(22-15)19-11-17/h6-7,10H,1,8-9,11H2,2-5H3/b12-10+,13-7+,18-14?,19-16+. The van der Waals surface area contributed by atoms with E-state index in [4.69, 9.17) is 4.74 Å². The second-order valence-corrected chi connectivity index (χ2v) is 4.95. The van der Waals surface area contributed by atoms with E-state index in [1.54, 1.807) is 12.3 Å². The molecule has 0 saturated carbocycles. The first kappa shape index (κ1) is 17.8. The van der Waals surface area contributed by atoms with Crippen LogP contribution in [0.3, 0.4) is 0 Å². The molecule has 0 spiro atoms. The Bertz CT molecular complexity index is 556. The van der Waals surface area contributed by atoms with Crippen molar-refractivity contribution in [2.45, 2.75) is 26.7 Å². The topological polar surface area (TPSA) is 49.6 Å². The molecule has 1 aliphatic rings. The fourth-order valence-electron chi connectivity index (χ4n) is 1.75. The van der Waals surface area contributed by atoms with Crippen LogP contribution in [0.15, 0.2) is 51.2 Å². The van der Waals surface area contributed by atoms with Crippen LogP contribution in [0.1, 0.15) is 26.7 Å². The van der Waals surface area contributed by atoms with E-state index in [-0.39, 0.29) is 5.90 Å². The van der Waals surface area contributed by atoms with Gasteiger partial charge < -0.3 is 9.64 Å². The van der Waals surface area contributed by atoms with Crippen molar-refractivity contribution >= 4 is 17.6 Å². The lowest BCUT2D eigenvalue weighted by atomic mass is 10.2. The summed E-state index contributed by atoms with van der Waals surface area (Å²) in [5.74, 6) is 1.65. The van der Waals surface area contributed by atoms with Crippen molar-refractivity contribution < 1.29 is 9.13 Å². The lowest BCUT2D eigenvalue weighted by Crippen LogP contribution is -2.20. The Hall–Kier alpha value is -2.24. The molecule has 1 heterocycles. The van der Waals surface area contributed by atoms with Gasteiger partial charge in [0.15, 0.2) is 6.80 Å². The lowest BCUT2D eigenvalue weighted by Gasteiger charge is -2.13. The Balaban J connectivity index is 2.79. The molecule has 6 heteroatoms. The Morgan fingerprint density at radius 2 is 2.18 bits per heavy atom. The van der Waals surface area contributed by atoms with Crippen molar-refractivity contribution in [2.24, 2.45) is 15.0 Å². The monoisotopic (exact) mass is 306 g/mol. The molecule has 1 aliphatic heterocycles. The van der Waals surface area contributed by atoms with Gasteiger partial charge >= 0.3 is 0 Å². The van der Waals surface area contributed by atoms with Crippen LogP contribution in [0.25, 0.3) is 0 Å². The summed E-state index contributed by atoms with van der Waals surface area (Å²) in [7, 11) is 3.88. The molecular formula is C16H23FN4O. The first-order valence-electron chi connectivity index (χ1n) is 7.04. The highest BCUT2D eigenvalue weighted by Gasteiger charge is 2.20. The zero-order chi connectivity index (χ0) is 16.5. The molecule has 0 aliphatic carbocycles. The number of nitrogens with zero attached hydrogens (tertiary/aromatic N) is 4. The van der Waals surface area contributed by atoms with Crippen molar-refractivity contribution in [3.8, 4) is 0 Å². The molecule has 120 valence electrons. The Morgan fingerprint density at radius 1 is 1.45 bits per heavy atom. The maximum absolute atomic E-state index is 12.3. The maximum Gasteiger partial charge on any atom is 0.244 e. The minimum atomic E-state index is -0.817. The van der Waals surface area contributed by atoms with E-state index in [2.05, 4.69) is 21.6 Å². The van der Waals surface area contributed by atoms with Gasteiger partial charge in [0, 0.05) is 33.1 Å². The van der Waals surface area contributed by atoms with E-state index < -0.39 is 6.80 Å². The van der Waals surface area contributed by atoms with Crippen LogP contribution in [0.4, 0.5) is 4.39 Å². The highest BCUT2D eigenvalue weighted by molar-refractivity contribution is 6.07. The molecule has 0 N–H and O–H groups in total. The second-order valence-electron chi connectivity index (χ2n) is 4.95. The predicted molar refractivity (Wildman–Crippen MR) is 90.0 cm³/mol. The third-order valence-electron chi connectivity index (χ3n) is 2.86. The minimum absolute atomic E-state index is 0.233. The number of hydrogen-bond donors (Lipinski definition) is 0. The number of alkyl halides is 1. The summed E-state index contributed by atoms with van der Waals surface area (Å²) in [4.78, 5) is 14.3. The van der Waals surface area contributed by atoms with E-state index in [1.165, 1.54) is 0 Å². The van der Waals surface area contributed by atoms with Crippen LogP contribution < -0.4 is 0 Å². The summed E-state index contributed by atoms with van der Waals surface area (Å²) in [6, 6.07) is 0. The minimum Gasteiger partial charge on any atom is -0.422 e. The number of aliphatic imine (C=N–C) groups is 3. The van der Waals surface area contributed by atoms with Gasteiger partial charge in [0.1, 0.15) is 11.5 Å². The van der Waals surface area contributed by atoms with E-state index in [0.29, 0.717) is 24.4 Å². The zero-order valence-electron chi connectivity index (χ0n) is 13.6. The summed E-state index contributed by atoms with van der Waals surface area (Å²) >= 11 is 0. The van der Waals surface area contributed by atoms with Crippen molar-refractivity contribution in [3.63, 3.8) is 0 Å². The molecule has 22 heavy (non-hydrogen) atoms. The van der Waals surface area contributed by atoms with Crippen LogP contribution in [0.5, 0.6) is 0 Å². The molecule has 0 bridgehead atoms. The van der Waals surface area contributed by atoms with Gasteiger partial charge in [0.2, 0.25) is 11.8 Å². The average Bonchev–Trinajstić information content (AvgIpc) is 2.85. The molecule has 0 radical (unpaired) electrons. The number of hydrogen-bond acceptors (Lipinski definition) is 4. The first-order valence-corrected chi connectivity index (χ1v) is 7.04. The summed E-state index contributed by atoms with van der Waals surface area (Å²) in [6.45, 7) is 6.65. The van der Waals surface area contributed by atoms with Gasteiger partial charge in [-0.25, -0.2) is 19.4 Å². The van der Waals surface area contributed by atoms with Crippen LogP contribution in [-0.4, -0.2) is 43.4 Å². The number of allylic oxidation sites excluding steroid dienone is 1. The molecular weight excluding hydrogens is 283 g/mol. The fraction of sp³-hybridized carbons (Fsp3) is 0.438. The Labute approximate surface area is 131 Å². The fourth-order valence-corrected chi connectivity index (χ4v) is 1.75. The molecule has 0 amide bonds. The molecule has 0 aromatic carbocycles. The van der Waals surface area contributed by atoms with E-state index >= 15 is 0 Å². The van der Waals surface area contributed by atoms with Gasteiger partial charge in [-0.1, -0.05) is 12.2 Å². The third kappa shape index (κ3) is 5.27. The van der Waals surface area contributed by atoms with E-state index in [0.717, 1.165) is 11.4 Å². The van der Waals surface area contributed by atoms with Gasteiger partial charge in [-0.2, -0.15) is 0 Å². The van der Waals surface area contributed by atoms with E-state index in [9.17, 15) is 4.39 Å². The molecule has 0 aromatic rings. The SMILES string of the molecule is C=CCC(=N/C=C(\C)CC1=NC(=C/C)/C(=N\CF)O1)N(C)C. The van der Waals surface area contributed by atoms with Crippen molar-refractivity contribution in [1.82, 2.24) is 4.90 Å². The van der Waals surface area contributed by atoms with Gasteiger partial charge in [-0.3, -0.25) is 0 Å². The van der Waals surface area contributed by atoms with E-state index in [1.807, 2.05) is 38.9 Å². The normalized spacial score (nSPS) is 19.4. The van der Waals surface area contributed by atoms with Crippen LogP contribution in [-0.2, 0) is 4.74 Å². The number of amidine groups is 1. The highest BCUT2D eigenvalue weighted by Crippen LogP contribution is 2.17. The maximum atomic E-state index is 12.3. The zero-order valence-corrected chi connectivity index (χ0v) is 13.6.